The van der Waals surface area contributed by atoms with Crippen LogP contribution in [0, 0.1) is 5.92 Å². The van der Waals surface area contributed by atoms with Crippen LogP contribution in [-0.4, -0.2) is 55.8 Å². The van der Waals surface area contributed by atoms with Gasteiger partial charge >= 0.3 is 0 Å². The zero-order chi connectivity index (χ0) is 19.1. The number of ether oxygens (including phenoxy) is 1. The molecule has 27 heavy (non-hydrogen) atoms. The van der Waals surface area contributed by atoms with Gasteiger partial charge in [0, 0.05) is 13.1 Å². The lowest BCUT2D eigenvalue weighted by atomic mass is 9.78. The van der Waals surface area contributed by atoms with Gasteiger partial charge in [0.1, 0.15) is 5.75 Å². The van der Waals surface area contributed by atoms with Crippen LogP contribution in [-0.2, 0) is 14.8 Å². The van der Waals surface area contributed by atoms with E-state index in [9.17, 15) is 13.2 Å². The van der Waals surface area contributed by atoms with Gasteiger partial charge in [-0.15, -0.1) is 0 Å². The fourth-order valence-corrected chi connectivity index (χ4v) is 6.00. The first-order valence-electron chi connectivity index (χ1n) is 9.89. The van der Waals surface area contributed by atoms with Crippen molar-refractivity contribution >= 4 is 15.9 Å². The summed E-state index contributed by atoms with van der Waals surface area (Å²) >= 11 is 0. The largest absolute Gasteiger partial charge is 0.497 e. The number of nitrogens with zero attached hydrogens (tertiary/aromatic N) is 2. The lowest BCUT2D eigenvalue weighted by Gasteiger charge is -2.52. The lowest BCUT2D eigenvalue weighted by molar-refractivity contribution is -0.146. The van der Waals surface area contributed by atoms with E-state index in [-0.39, 0.29) is 22.9 Å². The zero-order valence-electron chi connectivity index (χ0n) is 15.9. The number of hydrogen-bond donors (Lipinski definition) is 0. The van der Waals surface area contributed by atoms with Crippen LogP contribution in [0.1, 0.15) is 44.9 Å². The molecule has 1 spiro atoms. The number of amides is 1. The minimum absolute atomic E-state index is 0.0351. The van der Waals surface area contributed by atoms with Crippen molar-refractivity contribution in [1.29, 1.82) is 0 Å². The summed E-state index contributed by atoms with van der Waals surface area (Å²) in [6.45, 7) is 1.16. The van der Waals surface area contributed by atoms with E-state index in [4.69, 9.17) is 4.74 Å². The van der Waals surface area contributed by atoms with Crippen LogP contribution in [0.25, 0.3) is 0 Å². The fourth-order valence-electron chi connectivity index (χ4n) is 4.53. The van der Waals surface area contributed by atoms with Crippen molar-refractivity contribution < 1.29 is 17.9 Å². The molecule has 1 saturated heterocycles. The topological polar surface area (TPSA) is 66.9 Å². The van der Waals surface area contributed by atoms with E-state index in [0.717, 1.165) is 32.2 Å². The predicted octanol–water partition coefficient (Wildman–Crippen LogP) is 2.64. The molecule has 7 heteroatoms. The number of carbonyl (C=O) groups is 1. The molecule has 0 aromatic heterocycles. The highest BCUT2D eigenvalue weighted by atomic mass is 32.2. The molecule has 3 aliphatic rings. The molecule has 1 amide bonds. The van der Waals surface area contributed by atoms with Crippen molar-refractivity contribution in [3.8, 4) is 5.75 Å². The SMILES string of the molecule is COc1ccc(S(=O)(=O)N2CC(=O)N(CC3CC3)C3(CCCCC3)C2)cc1. The lowest BCUT2D eigenvalue weighted by Crippen LogP contribution is -2.66. The molecule has 2 saturated carbocycles. The molecule has 2 aliphatic carbocycles. The Hall–Kier alpha value is -1.60. The monoisotopic (exact) mass is 392 g/mol. The smallest absolute Gasteiger partial charge is 0.243 e. The number of carbonyl (C=O) groups excluding carboxylic acids is 1. The second-order valence-corrected chi connectivity index (χ2v) is 10.1. The molecule has 148 valence electrons. The first-order valence-corrected chi connectivity index (χ1v) is 11.3. The van der Waals surface area contributed by atoms with Gasteiger partial charge in [-0.05, 0) is 55.9 Å². The molecule has 1 aromatic carbocycles. The molecule has 1 aliphatic heterocycles. The summed E-state index contributed by atoms with van der Waals surface area (Å²) in [4.78, 5) is 15.3. The second-order valence-electron chi connectivity index (χ2n) is 8.18. The van der Waals surface area contributed by atoms with Crippen LogP contribution in [0.15, 0.2) is 29.2 Å². The number of sulfonamides is 1. The highest BCUT2D eigenvalue weighted by Crippen LogP contribution is 2.41. The molecule has 1 heterocycles. The molecule has 6 nitrogen and oxygen atoms in total. The summed E-state index contributed by atoms with van der Waals surface area (Å²) in [5, 5.41) is 0. The van der Waals surface area contributed by atoms with Gasteiger partial charge in [-0.3, -0.25) is 4.79 Å². The van der Waals surface area contributed by atoms with E-state index in [1.807, 2.05) is 4.90 Å². The summed E-state index contributed by atoms with van der Waals surface area (Å²) in [5.74, 6) is 1.19. The summed E-state index contributed by atoms with van der Waals surface area (Å²) in [5.41, 5.74) is -0.324. The standard InChI is InChI=1S/C20H28N2O4S/c1-26-17-7-9-18(10-8-17)27(24,25)21-14-19(23)22(13-16-5-6-16)20(15-21)11-3-2-4-12-20/h7-10,16H,2-6,11-15H2,1H3. The maximum atomic E-state index is 13.2. The van der Waals surface area contributed by atoms with Crippen LogP contribution < -0.4 is 4.74 Å². The summed E-state index contributed by atoms with van der Waals surface area (Å²) in [6, 6.07) is 6.41. The number of methoxy groups -OCH3 is 1. The first-order chi connectivity index (χ1) is 12.9. The van der Waals surface area contributed by atoms with Gasteiger partial charge in [-0.1, -0.05) is 19.3 Å². The summed E-state index contributed by atoms with van der Waals surface area (Å²) in [6.07, 6.45) is 7.47. The Morgan fingerprint density at radius 1 is 1.11 bits per heavy atom. The van der Waals surface area contributed by atoms with E-state index >= 15 is 0 Å². The Labute approximate surface area is 161 Å². The van der Waals surface area contributed by atoms with Crippen molar-refractivity contribution in [3.05, 3.63) is 24.3 Å². The van der Waals surface area contributed by atoms with Gasteiger partial charge in [0.15, 0.2) is 0 Å². The Balaban J connectivity index is 1.62. The quantitative estimate of drug-likeness (QED) is 0.773. The second kappa shape index (κ2) is 7.09. The fraction of sp³-hybridized carbons (Fsp3) is 0.650. The molecule has 1 aromatic rings. The summed E-state index contributed by atoms with van der Waals surface area (Å²) in [7, 11) is -2.15. The third kappa shape index (κ3) is 3.59. The number of piperazine rings is 1. The molecule has 4 rings (SSSR count). The average Bonchev–Trinajstić information content (AvgIpc) is 3.50. The van der Waals surface area contributed by atoms with Crippen molar-refractivity contribution in [3.63, 3.8) is 0 Å². The first kappa shape index (κ1) is 18.7. The minimum atomic E-state index is -3.70. The van der Waals surface area contributed by atoms with Crippen molar-refractivity contribution in [2.45, 2.75) is 55.4 Å². The maximum absolute atomic E-state index is 13.2. The van der Waals surface area contributed by atoms with Crippen molar-refractivity contribution in [1.82, 2.24) is 9.21 Å². The summed E-state index contributed by atoms with van der Waals surface area (Å²) < 4.78 is 33.0. The third-order valence-electron chi connectivity index (χ3n) is 6.28. The van der Waals surface area contributed by atoms with Crippen LogP contribution in [0.5, 0.6) is 5.75 Å². The van der Waals surface area contributed by atoms with Crippen molar-refractivity contribution in [2.75, 3.05) is 26.7 Å². The van der Waals surface area contributed by atoms with E-state index in [1.165, 1.54) is 23.6 Å². The Morgan fingerprint density at radius 3 is 2.37 bits per heavy atom. The van der Waals surface area contributed by atoms with E-state index in [1.54, 1.807) is 31.4 Å². The highest BCUT2D eigenvalue weighted by Gasteiger charge is 2.49. The number of benzene rings is 1. The van der Waals surface area contributed by atoms with E-state index < -0.39 is 10.0 Å². The Bertz CT molecular complexity index is 796. The molecule has 0 N–H and O–H groups in total. The normalized spacial score (nSPS) is 23.6. The number of rotatable bonds is 5. The molecule has 0 unspecified atom stereocenters. The molecule has 0 atom stereocenters. The van der Waals surface area contributed by atoms with E-state index in [2.05, 4.69) is 0 Å². The molecular weight excluding hydrogens is 364 g/mol. The van der Waals surface area contributed by atoms with Crippen LogP contribution in [0.3, 0.4) is 0 Å². The molecule has 3 fully saturated rings. The van der Waals surface area contributed by atoms with Gasteiger partial charge in [-0.2, -0.15) is 4.31 Å². The Kier molecular flexibility index (Phi) is 4.93. The van der Waals surface area contributed by atoms with Gasteiger partial charge < -0.3 is 9.64 Å². The predicted molar refractivity (Wildman–Crippen MR) is 102 cm³/mol. The molecular formula is C20H28N2O4S. The minimum Gasteiger partial charge on any atom is -0.497 e. The maximum Gasteiger partial charge on any atom is 0.243 e. The number of hydrogen-bond acceptors (Lipinski definition) is 4. The van der Waals surface area contributed by atoms with Crippen LogP contribution >= 0.6 is 0 Å². The van der Waals surface area contributed by atoms with Crippen LogP contribution in [0.4, 0.5) is 0 Å². The van der Waals surface area contributed by atoms with Crippen molar-refractivity contribution in [2.24, 2.45) is 5.92 Å². The van der Waals surface area contributed by atoms with E-state index in [0.29, 0.717) is 18.2 Å². The van der Waals surface area contributed by atoms with Gasteiger partial charge in [0.2, 0.25) is 15.9 Å². The highest BCUT2D eigenvalue weighted by molar-refractivity contribution is 7.89. The molecule has 0 radical (unpaired) electrons. The molecule has 0 bridgehead atoms. The third-order valence-corrected chi connectivity index (χ3v) is 8.08. The van der Waals surface area contributed by atoms with Crippen LogP contribution in [0.2, 0.25) is 0 Å². The Morgan fingerprint density at radius 2 is 1.78 bits per heavy atom. The van der Waals surface area contributed by atoms with Gasteiger partial charge in [0.05, 0.1) is 24.1 Å². The van der Waals surface area contributed by atoms with Gasteiger partial charge in [-0.25, -0.2) is 8.42 Å². The van der Waals surface area contributed by atoms with Gasteiger partial charge in [0.25, 0.3) is 0 Å². The zero-order valence-corrected chi connectivity index (χ0v) is 16.7. The average molecular weight is 393 g/mol.